The molecule has 1 N–H and O–H groups in total. The first-order chi connectivity index (χ1) is 4.04. The van der Waals surface area contributed by atoms with Gasteiger partial charge in [-0.1, -0.05) is 13.8 Å². The van der Waals surface area contributed by atoms with Crippen LogP contribution in [0.5, 0.6) is 0 Å². The lowest BCUT2D eigenvalue weighted by atomic mass is 10.1. The Kier molecular flexibility index (Phi) is 3.06. The highest BCUT2D eigenvalue weighted by atomic mass is 16.6. The van der Waals surface area contributed by atoms with E-state index in [1.54, 1.807) is 6.92 Å². The number of hydrogen-bond donors (Lipinski definition) is 0. The SMILES string of the molecule is CC(C)C(C)OC([NH])=O. The van der Waals surface area contributed by atoms with E-state index < -0.39 is 6.09 Å². The molecule has 9 heavy (non-hydrogen) atoms. The second-order valence-electron chi connectivity index (χ2n) is 2.35. The number of rotatable bonds is 2. The van der Waals surface area contributed by atoms with Crippen molar-refractivity contribution in [2.24, 2.45) is 5.92 Å². The minimum absolute atomic E-state index is 0.144. The molecule has 1 unspecified atom stereocenters. The summed E-state index contributed by atoms with van der Waals surface area (Å²) in [5.41, 5.74) is 6.44. The zero-order valence-corrected chi connectivity index (χ0v) is 5.97. The van der Waals surface area contributed by atoms with Gasteiger partial charge in [0, 0.05) is 0 Å². The van der Waals surface area contributed by atoms with E-state index in [2.05, 4.69) is 4.74 Å². The molecular formula is C6H12NO2. The molecule has 0 aromatic rings. The third kappa shape index (κ3) is 3.82. The summed E-state index contributed by atoms with van der Waals surface area (Å²) < 4.78 is 4.54. The number of hydrogen-bond acceptors (Lipinski definition) is 2. The number of ether oxygens (including phenoxy) is 1. The van der Waals surface area contributed by atoms with Crippen molar-refractivity contribution in [3.8, 4) is 0 Å². The van der Waals surface area contributed by atoms with Crippen molar-refractivity contribution in [1.29, 1.82) is 0 Å². The maximum atomic E-state index is 10.0. The Morgan fingerprint density at radius 2 is 1.89 bits per heavy atom. The average Bonchev–Trinajstić information content (AvgIpc) is 1.63. The third-order valence-electron chi connectivity index (χ3n) is 1.23. The van der Waals surface area contributed by atoms with Gasteiger partial charge in [0.05, 0.1) is 0 Å². The van der Waals surface area contributed by atoms with Crippen LogP contribution in [0, 0.1) is 5.92 Å². The predicted octanol–water partition coefficient (Wildman–Crippen LogP) is 1.45. The van der Waals surface area contributed by atoms with Crippen LogP contribution in [0.15, 0.2) is 0 Å². The molecule has 0 heterocycles. The lowest BCUT2D eigenvalue weighted by Gasteiger charge is -2.13. The van der Waals surface area contributed by atoms with Gasteiger partial charge < -0.3 is 4.74 Å². The van der Waals surface area contributed by atoms with Gasteiger partial charge in [-0.05, 0) is 12.8 Å². The molecule has 3 nitrogen and oxygen atoms in total. The molecule has 53 valence electrons. The van der Waals surface area contributed by atoms with Crippen molar-refractivity contribution in [3.05, 3.63) is 0 Å². The number of nitrogens with one attached hydrogen (secondary N) is 1. The van der Waals surface area contributed by atoms with Crippen molar-refractivity contribution in [1.82, 2.24) is 5.73 Å². The molecule has 0 saturated heterocycles. The molecule has 3 heteroatoms. The van der Waals surface area contributed by atoms with Crippen LogP contribution in [0.3, 0.4) is 0 Å². The quantitative estimate of drug-likeness (QED) is 0.568. The van der Waals surface area contributed by atoms with Crippen LogP contribution in [-0.4, -0.2) is 12.2 Å². The Hall–Kier alpha value is -0.730. The molecular weight excluding hydrogens is 118 g/mol. The Balaban J connectivity index is 3.50. The molecule has 0 spiro atoms. The lowest BCUT2D eigenvalue weighted by molar-refractivity contribution is 0.0888. The predicted molar refractivity (Wildman–Crippen MR) is 33.9 cm³/mol. The summed E-state index contributed by atoms with van der Waals surface area (Å²) in [4.78, 5) is 10.0. The van der Waals surface area contributed by atoms with Gasteiger partial charge in [0.2, 0.25) is 0 Å². The molecule has 1 amide bonds. The van der Waals surface area contributed by atoms with E-state index in [0.29, 0.717) is 5.92 Å². The second kappa shape index (κ2) is 3.33. The topological polar surface area (TPSA) is 50.1 Å². The maximum Gasteiger partial charge on any atom is 0.426 e. The summed E-state index contributed by atoms with van der Waals surface area (Å²) in [6, 6.07) is 0. The summed E-state index contributed by atoms with van der Waals surface area (Å²) in [5, 5.41) is 0. The fraction of sp³-hybridized carbons (Fsp3) is 0.833. The zero-order chi connectivity index (χ0) is 7.44. The fourth-order valence-corrected chi connectivity index (χ4v) is 0.305. The molecule has 1 radical (unpaired) electrons. The average molecular weight is 130 g/mol. The van der Waals surface area contributed by atoms with Crippen LogP contribution in [0.1, 0.15) is 20.8 Å². The zero-order valence-electron chi connectivity index (χ0n) is 5.97. The van der Waals surface area contributed by atoms with E-state index >= 15 is 0 Å². The van der Waals surface area contributed by atoms with E-state index in [1.165, 1.54) is 0 Å². The molecule has 1 atom stereocenters. The van der Waals surface area contributed by atoms with Gasteiger partial charge in [-0.15, -0.1) is 0 Å². The molecule has 0 aromatic carbocycles. The highest BCUT2D eigenvalue weighted by Crippen LogP contribution is 2.04. The number of carbonyl (C=O) groups is 1. The maximum absolute atomic E-state index is 10.0. The van der Waals surface area contributed by atoms with E-state index in [1.807, 2.05) is 13.8 Å². The van der Waals surface area contributed by atoms with Gasteiger partial charge in [-0.3, -0.25) is 0 Å². The standard InChI is InChI=1S/C6H12NO2/c1-4(2)5(3)9-6(7)8/h4-5,7H,1-3H3. The van der Waals surface area contributed by atoms with E-state index in [9.17, 15) is 4.79 Å². The van der Waals surface area contributed by atoms with Crippen molar-refractivity contribution in [2.45, 2.75) is 26.9 Å². The van der Waals surface area contributed by atoms with Crippen molar-refractivity contribution in [2.75, 3.05) is 0 Å². The Morgan fingerprint density at radius 3 is 2.00 bits per heavy atom. The normalized spacial score (nSPS) is 13.3. The van der Waals surface area contributed by atoms with Crippen LogP contribution >= 0.6 is 0 Å². The minimum atomic E-state index is -0.948. The number of carbonyl (C=O) groups excluding carboxylic acids is 1. The van der Waals surface area contributed by atoms with Crippen molar-refractivity contribution >= 4 is 6.09 Å². The molecule has 0 aliphatic heterocycles. The fourth-order valence-electron chi connectivity index (χ4n) is 0.305. The molecule has 0 saturated carbocycles. The Morgan fingerprint density at radius 1 is 1.44 bits per heavy atom. The summed E-state index contributed by atoms with van der Waals surface area (Å²) in [5.74, 6) is 0.291. The Labute approximate surface area is 55.2 Å². The number of amides is 1. The molecule has 0 fully saturated rings. The highest BCUT2D eigenvalue weighted by Gasteiger charge is 2.09. The van der Waals surface area contributed by atoms with Crippen LogP contribution in [0.2, 0.25) is 0 Å². The smallest absolute Gasteiger partial charge is 0.426 e. The summed E-state index contributed by atoms with van der Waals surface area (Å²) in [7, 11) is 0. The minimum Gasteiger partial charge on any atom is -0.445 e. The van der Waals surface area contributed by atoms with Crippen LogP contribution in [0.25, 0.3) is 0 Å². The molecule has 0 rings (SSSR count). The second-order valence-corrected chi connectivity index (χ2v) is 2.35. The van der Waals surface area contributed by atoms with Crippen molar-refractivity contribution in [3.63, 3.8) is 0 Å². The van der Waals surface area contributed by atoms with Gasteiger partial charge in [0.25, 0.3) is 0 Å². The van der Waals surface area contributed by atoms with Gasteiger partial charge in [-0.2, -0.15) is 0 Å². The first-order valence-electron chi connectivity index (χ1n) is 2.96. The summed E-state index contributed by atoms with van der Waals surface area (Å²) >= 11 is 0. The van der Waals surface area contributed by atoms with Gasteiger partial charge in [0.1, 0.15) is 6.10 Å². The lowest BCUT2D eigenvalue weighted by Crippen LogP contribution is -2.19. The van der Waals surface area contributed by atoms with Crippen LogP contribution in [-0.2, 0) is 4.74 Å². The van der Waals surface area contributed by atoms with Crippen LogP contribution in [0.4, 0.5) is 4.79 Å². The molecule has 0 aliphatic rings. The largest absolute Gasteiger partial charge is 0.445 e. The van der Waals surface area contributed by atoms with Gasteiger partial charge >= 0.3 is 6.09 Å². The summed E-state index contributed by atoms with van der Waals surface area (Å²) in [6.07, 6.45) is -1.09. The first-order valence-corrected chi connectivity index (χ1v) is 2.96. The van der Waals surface area contributed by atoms with E-state index in [-0.39, 0.29) is 6.10 Å². The summed E-state index contributed by atoms with van der Waals surface area (Å²) in [6.45, 7) is 5.65. The van der Waals surface area contributed by atoms with E-state index in [4.69, 9.17) is 5.73 Å². The molecule has 0 bridgehead atoms. The van der Waals surface area contributed by atoms with Gasteiger partial charge in [-0.25, -0.2) is 10.5 Å². The highest BCUT2D eigenvalue weighted by molar-refractivity contribution is 5.63. The van der Waals surface area contributed by atoms with Gasteiger partial charge in [0.15, 0.2) is 0 Å². The third-order valence-corrected chi connectivity index (χ3v) is 1.23. The monoisotopic (exact) mass is 130 g/mol. The van der Waals surface area contributed by atoms with Crippen LogP contribution < -0.4 is 5.73 Å². The Bertz CT molecular complexity index is 101. The van der Waals surface area contributed by atoms with E-state index in [0.717, 1.165) is 0 Å². The molecule has 0 aliphatic carbocycles. The first kappa shape index (κ1) is 8.27. The molecule has 0 aromatic heterocycles. The van der Waals surface area contributed by atoms with Crippen molar-refractivity contribution < 1.29 is 9.53 Å².